The first-order valence-electron chi connectivity index (χ1n) is 10.2. The Morgan fingerprint density at radius 2 is 2.00 bits per heavy atom. The molecule has 1 fully saturated rings. The first kappa shape index (κ1) is 22.2. The van der Waals surface area contributed by atoms with Crippen LogP contribution in [0.4, 0.5) is 20.3 Å². The summed E-state index contributed by atoms with van der Waals surface area (Å²) in [6.07, 6.45) is 3.91. The summed E-state index contributed by atoms with van der Waals surface area (Å²) in [5.41, 5.74) is 0.778. The van der Waals surface area contributed by atoms with Gasteiger partial charge >= 0.3 is 5.57 Å². The number of aliphatic hydroxyl groups is 1. The topological polar surface area (TPSA) is 70.5 Å². The molecule has 0 saturated carbocycles. The van der Waals surface area contributed by atoms with Crippen molar-refractivity contribution in [2.75, 3.05) is 23.3 Å². The SMILES string of the molecule is Cc1ncccc1-c1cc(CNc2ccc(OC(F)(F)Cl)cc2)cnc1N1CCC(O)C1. The molecule has 2 aromatic heterocycles. The van der Waals surface area contributed by atoms with Crippen LogP contribution in [0.3, 0.4) is 0 Å². The van der Waals surface area contributed by atoms with Gasteiger partial charge in [-0.1, -0.05) is 6.07 Å². The fourth-order valence-electron chi connectivity index (χ4n) is 3.73. The number of hydrogen-bond acceptors (Lipinski definition) is 6. The number of hydrogen-bond donors (Lipinski definition) is 2. The van der Waals surface area contributed by atoms with Crippen molar-refractivity contribution in [1.82, 2.24) is 9.97 Å². The van der Waals surface area contributed by atoms with Crippen LogP contribution in [0.5, 0.6) is 5.75 Å². The van der Waals surface area contributed by atoms with Crippen LogP contribution >= 0.6 is 11.6 Å². The molecule has 1 atom stereocenters. The largest absolute Gasteiger partial charge is 0.487 e. The highest BCUT2D eigenvalue weighted by molar-refractivity contribution is 6.20. The Hall–Kier alpha value is -2.97. The van der Waals surface area contributed by atoms with Crippen LogP contribution in [0.2, 0.25) is 0 Å². The number of rotatable bonds is 7. The summed E-state index contributed by atoms with van der Waals surface area (Å²) < 4.78 is 29.8. The smallest absolute Gasteiger partial charge is 0.420 e. The number of β-amino-alcohol motifs (C(OH)–C–C–N with tert-alkyl or cyclic N) is 1. The Morgan fingerprint density at radius 1 is 1.22 bits per heavy atom. The lowest BCUT2D eigenvalue weighted by Gasteiger charge is -2.22. The minimum Gasteiger partial charge on any atom is -0.420 e. The van der Waals surface area contributed by atoms with E-state index in [9.17, 15) is 13.9 Å². The number of nitrogens with zero attached hydrogens (tertiary/aromatic N) is 3. The summed E-state index contributed by atoms with van der Waals surface area (Å²) in [5.74, 6) is 0.800. The second kappa shape index (κ2) is 9.26. The van der Waals surface area contributed by atoms with E-state index in [1.165, 1.54) is 12.1 Å². The molecule has 4 rings (SSSR count). The van der Waals surface area contributed by atoms with E-state index in [-0.39, 0.29) is 11.9 Å². The fraction of sp³-hybridized carbons (Fsp3) is 0.304. The summed E-state index contributed by atoms with van der Waals surface area (Å²) >= 11 is 4.79. The molecule has 6 nitrogen and oxygen atoms in total. The minimum atomic E-state index is -3.74. The van der Waals surface area contributed by atoms with Crippen LogP contribution < -0.4 is 15.0 Å². The molecule has 1 saturated heterocycles. The number of anilines is 2. The molecule has 0 spiro atoms. The lowest BCUT2D eigenvalue weighted by atomic mass is 10.0. The molecule has 0 amide bonds. The number of aryl methyl sites for hydroxylation is 1. The van der Waals surface area contributed by atoms with E-state index >= 15 is 0 Å². The molecule has 1 aliphatic rings. The third-order valence-corrected chi connectivity index (χ3v) is 5.34. The highest BCUT2D eigenvalue weighted by Crippen LogP contribution is 2.33. The molecule has 0 bridgehead atoms. The number of benzene rings is 1. The third-order valence-electron chi connectivity index (χ3n) is 5.27. The number of aromatic nitrogens is 2. The standard InChI is InChI=1S/C23H23ClF2N4O2/c1-15-20(3-2-9-27-15)21-11-16(13-29-22(21)30-10-8-18(31)14-30)12-28-17-4-6-19(7-5-17)32-23(24,25)26/h2-7,9,11,13,18,28,31H,8,10,12,14H2,1H3. The van der Waals surface area contributed by atoms with Crippen molar-refractivity contribution in [2.24, 2.45) is 0 Å². The Kier molecular flexibility index (Phi) is 6.43. The Bertz CT molecular complexity index is 1080. The first-order chi connectivity index (χ1) is 15.3. The van der Waals surface area contributed by atoms with E-state index in [4.69, 9.17) is 16.6 Å². The average molecular weight is 461 g/mol. The first-order valence-corrected chi connectivity index (χ1v) is 10.6. The van der Waals surface area contributed by atoms with Gasteiger partial charge in [-0.3, -0.25) is 4.98 Å². The van der Waals surface area contributed by atoms with Crippen LogP contribution in [0.1, 0.15) is 17.7 Å². The maximum Gasteiger partial charge on any atom is 0.487 e. The van der Waals surface area contributed by atoms with E-state index in [1.807, 2.05) is 19.1 Å². The van der Waals surface area contributed by atoms with Gasteiger partial charge in [-0.05, 0) is 55.3 Å². The molecule has 0 radical (unpaired) electrons. The van der Waals surface area contributed by atoms with Crippen LogP contribution in [0, 0.1) is 6.92 Å². The molecule has 1 unspecified atom stereocenters. The second-order valence-corrected chi connectivity index (χ2v) is 8.11. The summed E-state index contributed by atoms with van der Waals surface area (Å²) in [5, 5.41) is 13.2. The van der Waals surface area contributed by atoms with Crippen LogP contribution in [0.15, 0.2) is 54.9 Å². The molecule has 3 heterocycles. The van der Waals surface area contributed by atoms with Crippen molar-refractivity contribution in [2.45, 2.75) is 31.6 Å². The number of pyridine rings is 2. The zero-order chi connectivity index (χ0) is 22.7. The molecule has 0 aliphatic carbocycles. The predicted molar refractivity (Wildman–Crippen MR) is 120 cm³/mol. The van der Waals surface area contributed by atoms with E-state index in [0.717, 1.165) is 40.4 Å². The quantitative estimate of drug-likeness (QED) is 0.493. The van der Waals surface area contributed by atoms with Gasteiger partial charge in [0.05, 0.1) is 6.10 Å². The van der Waals surface area contributed by atoms with Gasteiger partial charge in [0.2, 0.25) is 0 Å². The van der Waals surface area contributed by atoms with Crippen molar-refractivity contribution in [3.8, 4) is 16.9 Å². The predicted octanol–water partition coefficient (Wildman–Crippen LogP) is 4.80. The van der Waals surface area contributed by atoms with E-state index in [1.54, 1.807) is 24.5 Å². The Balaban J connectivity index is 1.55. The van der Waals surface area contributed by atoms with Crippen molar-refractivity contribution >= 4 is 23.1 Å². The number of ether oxygens (including phenoxy) is 1. The van der Waals surface area contributed by atoms with Crippen molar-refractivity contribution in [1.29, 1.82) is 0 Å². The van der Waals surface area contributed by atoms with Crippen LogP contribution in [0.25, 0.3) is 11.1 Å². The highest BCUT2D eigenvalue weighted by atomic mass is 35.5. The summed E-state index contributed by atoms with van der Waals surface area (Å²) in [6.45, 7) is 3.73. The van der Waals surface area contributed by atoms with Gasteiger partial charge in [-0.15, -0.1) is 8.78 Å². The maximum absolute atomic E-state index is 12.7. The van der Waals surface area contributed by atoms with E-state index < -0.39 is 5.57 Å². The lowest BCUT2D eigenvalue weighted by Crippen LogP contribution is -2.23. The molecule has 9 heteroatoms. The molecule has 3 aromatic rings. The maximum atomic E-state index is 12.7. The molecular weight excluding hydrogens is 438 g/mol. The molecular formula is C23H23ClF2N4O2. The van der Waals surface area contributed by atoms with Gasteiger partial charge in [-0.25, -0.2) is 4.98 Å². The zero-order valence-corrected chi connectivity index (χ0v) is 18.2. The monoisotopic (exact) mass is 460 g/mol. The van der Waals surface area contributed by atoms with Gasteiger partial charge in [0, 0.05) is 66.1 Å². The summed E-state index contributed by atoms with van der Waals surface area (Å²) in [6, 6.07) is 12.1. The highest BCUT2D eigenvalue weighted by Gasteiger charge is 2.27. The van der Waals surface area contributed by atoms with Crippen molar-refractivity contribution < 1.29 is 18.6 Å². The number of halogens is 3. The zero-order valence-electron chi connectivity index (χ0n) is 17.4. The minimum absolute atomic E-state index is 0.0243. The van der Waals surface area contributed by atoms with E-state index in [0.29, 0.717) is 19.5 Å². The molecule has 1 aromatic carbocycles. The third kappa shape index (κ3) is 5.44. The van der Waals surface area contributed by atoms with Gasteiger partial charge in [0.15, 0.2) is 0 Å². The average Bonchev–Trinajstić information content (AvgIpc) is 3.18. The second-order valence-electron chi connectivity index (χ2n) is 7.67. The normalized spacial score (nSPS) is 16.3. The molecule has 1 aliphatic heterocycles. The van der Waals surface area contributed by atoms with Crippen molar-refractivity contribution in [3.63, 3.8) is 0 Å². The molecule has 32 heavy (non-hydrogen) atoms. The Labute approximate surface area is 189 Å². The number of aliphatic hydroxyl groups excluding tert-OH is 1. The summed E-state index contributed by atoms with van der Waals surface area (Å²) in [4.78, 5) is 11.2. The van der Waals surface area contributed by atoms with Gasteiger partial charge < -0.3 is 20.1 Å². The fourth-order valence-corrected chi connectivity index (χ4v) is 3.82. The van der Waals surface area contributed by atoms with Crippen molar-refractivity contribution in [3.05, 3.63) is 66.1 Å². The van der Waals surface area contributed by atoms with E-state index in [2.05, 4.69) is 26.0 Å². The molecule has 168 valence electrons. The van der Waals surface area contributed by atoms with Gasteiger partial charge in [-0.2, -0.15) is 0 Å². The lowest BCUT2D eigenvalue weighted by molar-refractivity contribution is -0.0964. The van der Waals surface area contributed by atoms with Crippen LogP contribution in [-0.2, 0) is 6.54 Å². The number of alkyl halides is 3. The van der Waals surface area contributed by atoms with Crippen LogP contribution in [-0.4, -0.2) is 39.8 Å². The molecule has 2 N–H and O–H groups in total. The number of nitrogens with one attached hydrogen (secondary N) is 1. The van der Waals surface area contributed by atoms with Gasteiger partial charge in [0.25, 0.3) is 0 Å². The van der Waals surface area contributed by atoms with Gasteiger partial charge in [0.1, 0.15) is 11.6 Å². The Morgan fingerprint density at radius 3 is 2.66 bits per heavy atom. The summed E-state index contributed by atoms with van der Waals surface area (Å²) in [7, 11) is 0.